The second kappa shape index (κ2) is 6.90. The molecule has 0 saturated heterocycles. The van der Waals surface area contributed by atoms with Gasteiger partial charge in [-0.25, -0.2) is 4.98 Å². The Hall–Kier alpha value is -2.23. The second-order valence-electron chi connectivity index (χ2n) is 4.93. The minimum absolute atomic E-state index is 0.379. The van der Waals surface area contributed by atoms with Gasteiger partial charge in [0.05, 0.1) is 11.8 Å². The van der Waals surface area contributed by atoms with Crippen LogP contribution in [0.1, 0.15) is 5.56 Å². The zero-order chi connectivity index (χ0) is 16.2. The van der Waals surface area contributed by atoms with E-state index in [-0.39, 0.29) is 0 Å². The first-order valence-electron chi connectivity index (χ1n) is 6.95. The molecule has 1 aromatic heterocycles. The summed E-state index contributed by atoms with van der Waals surface area (Å²) in [4.78, 5) is 4.16. The van der Waals surface area contributed by atoms with Crippen molar-refractivity contribution in [2.75, 3.05) is 5.32 Å². The number of rotatable bonds is 4. The van der Waals surface area contributed by atoms with Gasteiger partial charge in [0.25, 0.3) is 0 Å². The number of halogens is 2. The van der Waals surface area contributed by atoms with Gasteiger partial charge in [0.2, 0.25) is 5.88 Å². The van der Waals surface area contributed by atoms with Crippen molar-refractivity contribution < 1.29 is 4.74 Å². The van der Waals surface area contributed by atoms with E-state index in [9.17, 15) is 0 Å². The largest absolute Gasteiger partial charge is 0.438 e. The molecular weight excluding hydrogens is 331 g/mol. The average molecular weight is 344 g/mol. The molecule has 0 aliphatic carbocycles. The Labute approximate surface area is 144 Å². The molecule has 3 nitrogen and oxygen atoms in total. The molecule has 23 heavy (non-hydrogen) atoms. The molecule has 0 atom stereocenters. The van der Waals surface area contributed by atoms with E-state index in [2.05, 4.69) is 16.4 Å². The first-order chi connectivity index (χ1) is 11.1. The molecule has 0 saturated carbocycles. The van der Waals surface area contributed by atoms with Crippen molar-refractivity contribution in [1.29, 1.82) is 0 Å². The molecule has 3 aromatic rings. The van der Waals surface area contributed by atoms with Crippen LogP contribution in [0.5, 0.6) is 11.6 Å². The highest BCUT2D eigenvalue weighted by molar-refractivity contribution is 6.31. The minimum Gasteiger partial charge on any atom is -0.438 e. The van der Waals surface area contributed by atoms with Gasteiger partial charge in [-0.1, -0.05) is 23.2 Å². The summed E-state index contributed by atoms with van der Waals surface area (Å²) >= 11 is 11.8. The van der Waals surface area contributed by atoms with Crippen LogP contribution in [0.4, 0.5) is 11.4 Å². The van der Waals surface area contributed by atoms with Crippen LogP contribution >= 0.6 is 23.2 Å². The number of anilines is 2. The Morgan fingerprint density at radius 2 is 1.74 bits per heavy atom. The number of nitrogens with zero attached hydrogens (tertiary/aromatic N) is 1. The van der Waals surface area contributed by atoms with E-state index >= 15 is 0 Å². The van der Waals surface area contributed by atoms with E-state index in [1.165, 1.54) is 0 Å². The smallest absolute Gasteiger partial charge is 0.229 e. The Kier molecular flexibility index (Phi) is 4.70. The maximum atomic E-state index is 5.97. The maximum Gasteiger partial charge on any atom is 0.229 e. The molecule has 0 bridgehead atoms. The third-order valence-electron chi connectivity index (χ3n) is 3.16. The third kappa shape index (κ3) is 4.15. The summed E-state index contributed by atoms with van der Waals surface area (Å²) in [7, 11) is 0. The van der Waals surface area contributed by atoms with Crippen molar-refractivity contribution in [1.82, 2.24) is 4.98 Å². The van der Waals surface area contributed by atoms with Gasteiger partial charge in [-0.05, 0) is 61.0 Å². The zero-order valence-corrected chi connectivity index (χ0v) is 13.8. The standard InChI is InChI=1S/C18H13Cl2N2O/c1-12-10-14(20)4-7-17(12)22-15-8-9-21-18(11-15)23-16-5-2-13(19)3-6-16/h2-10H,1H3,(H,21,22). The summed E-state index contributed by atoms with van der Waals surface area (Å²) in [6.07, 6.45) is 1.66. The van der Waals surface area contributed by atoms with Gasteiger partial charge in [0, 0.05) is 21.9 Å². The molecule has 0 unspecified atom stereocenters. The molecule has 0 aliphatic heterocycles. The lowest BCUT2D eigenvalue weighted by Gasteiger charge is -2.11. The second-order valence-corrected chi connectivity index (χ2v) is 5.80. The summed E-state index contributed by atoms with van der Waals surface area (Å²) < 4.78 is 5.67. The normalized spacial score (nSPS) is 10.4. The summed E-state index contributed by atoms with van der Waals surface area (Å²) in [6.45, 7) is 1.99. The highest BCUT2D eigenvalue weighted by Crippen LogP contribution is 2.26. The summed E-state index contributed by atoms with van der Waals surface area (Å²) in [5, 5.41) is 4.64. The molecule has 5 heteroatoms. The molecule has 0 amide bonds. The van der Waals surface area contributed by atoms with E-state index in [4.69, 9.17) is 27.9 Å². The number of hydrogen-bond acceptors (Lipinski definition) is 3. The van der Waals surface area contributed by atoms with Crippen molar-refractivity contribution in [3.8, 4) is 11.6 Å². The molecule has 2 aromatic carbocycles. The monoisotopic (exact) mass is 343 g/mol. The quantitative estimate of drug-likeness (QED) is 0.627. The van der Waals surface area contributed by atoms with Gasteiger partial charge < -0.3 is 10.1 Å². The predicted molar refractivity (Wildman–Crippen MR) is 94.1 cm³/mol. The maximum absolute atomic E-state index is 5.97. The molecule has 115 valence electrons. The third-order valence-corrected chi connectivity index (χ3v) is 3.65. The first-order valence-corrected chi connectivity index (χ1v) is 7.71. The number of ether oxygens (including phenoxy) is 1. The molecule has 0 spiro atoms. The number of benzene rings is 2. The van der Waals surface area contributed by atoms with Gasteiger partial charge in [-0.2, -0.15) is 0 Å². The molecule has 1 radical (unpaired) electrons. The number of nitrogens with one attached hydrogen (secondary N) is 1. The molecular formula is C18H13Cl2N2O. The van der Waals surface area contributed by atoms with Crippen LogP contribution in [0.15, 0.2) is 54.7 Å². The fourth-order valence-electron chi connectivity index (χ4n) is 2.02. The number of pyridine rings is 1. The van der Waals surface area contributed by atoms with Gasteiger partial charge in [0.15, 0.2) is 0 Å². The molecule has 3 rings (SSSR count). The van der Waals surface area contributed by atoms with E-state index in [1.807, 2.05) is 31.2 Å². The summed E-state index contributed by atoms with van der Waals surface area (Å²) in [5.41, 5.74) is 2.76. The summed E-state index contributed by atoms with van der Waals surface area (Å²) in [6, 6.07) is 17.6. The highest BCUT2D eigenvalue weighted by atomic mass is 35.5. The Bertz CT molecular complexity index is 820. The van der Waals surface area contributed by atoms with Crippen molar-refractivity contribution in [2.45, 2.75) is 6.92 Å². The van der Waals surface area contributed by atoms with Crippen LogP contribution in [0.3, 0.4) is 0 Å². The van der Waals surface area contributed by atoms with Crippen LogP contribution in [0.25, 0.3) is 0 Å². The zero-order valence-electron chi connectivity index (χ0n) is 12.3. The fourth-order valence-corrected chi connectivity index (χ4v) is 2.37. The van der Waals surface area contributed by atoms with Crippen LogP contribution in [-0.4, -0.2) is 4.98 Å². The van der Waals surface area contributed by atoms with Crippen LogP contribution in [0, 0.1) is 13.0 Å². The van der Waals surface area contributed by atoms with Gasteiger partial charge >= 0.3 is 0 Å². The van der Waals surface area contributed by atoms with Crippen molar-refractivity contribution in [2.24, 2.45) is 0 Å². The molecule has 0 aliphatic rings. The van der Waals surface area contributed by atoms with Crippen LogP contribution in [0.2, 0.25) is 10.0 Å². The summed E-state index contributed by atoms with van der Waals surface area (Å²) in [5.74, 6) is 1.03. The topological polar surface area (TPSA) is 34.1 Å². The van der Waals surface area contributed by atoms with E-state index in [0.717, 1.165) is 16.9 Å². The predicted octanol–water partition coefficient (Wildman–Crippen LogP) is 6.03. The van der Waals surface area contributed by atoms with Gasteiger partial charge in [-0.15, -0.1) is 0 Å². The Morgan fingerprint density at radius 3 is 2.48 bits per heavy atom. The lowest BCUT2D eigenvalue weighted by atomic mass is 10.2. The van der Waals surface area contributed by atoms with Crippen molar-refractivity contribution in [3.63, 3.8) is 0 Å². The first kappa shape index (κ1) is 15.7. The Balaban J connectivity index is 1.78. The van der Waals surface area contributed by atoms with E-state index < -0.39 is 0 Å². The SMILES string of the molecule is Cc1cc(Cl)ccc1Nc1[c]c(Oc2ccc(Cl)cc2)ncc1. The lowest BCUT2D eigenvalue weighted by Crippen LogP contribution is -1.95. The molecule has 1 heterocycles. The minimum atomic E-state index is 0.379. The van der Waals surface area contributed by atoms with Crippen LogP contribution in [-0.2, 0) is 0 Å². The van der Waals surface area contributed by atoms with E-state index in [1.54, 1.807) is 30.5 Å². The van der Waals surface area contributed by atoms with E-state index in [0.29, 0.717) is 21.7 Å². The van der Waals surface area contributed by atoms with Crippen LogP contribution < -0.4 is 10.1 Å². The number of aryl methyl sites for hydroxylation is 1. The Morgan fingerprint density at radius 1 is 1.00 bits per heavy atom. The molecule has 1 N–H and O–H groups in total. The van der Waals surface area contributed by atoms with Crippen molar-refractivity contribution in [3.05, 3.63) is 76.4 Å². The van der Waals surface area contributed by atoms with Crippen molar-refractivity contribution >= 4 is 34.6 Å². The molecule has 0 fully saturated rings. The lowest BCUT2D eigenvalue weighted by molar-refractivity contribution is 0.462. The number of aromatic nitrogens is 1. The number of hydrogen-bond donors (Lipinski definition) is 1. The average Bonchev–Trinajstić information content (AvgIpc) is 2.53. The highest BCUT2D eigenvalue weighted by Gasteiger charge is 2.04. The van der Waals surface area contributed by atoms with Gasteiger partial charge in [-0.3, -0.25) is 0 Å². The fraction of sp³-hybridized carbons (Fsp3) is 0.0556. The van der Waals surface area contributed by atoms with Gasteiger partial charge in [0.1, 0.15) is 5.75 Å².